The zero-order valence-corrected chi connectivity index (χ0v) is 13.4. The van der Waals surface area contributed by atoms with Crippen LogP contribution in [0, 0.1) is 0 Å². The molecule has 0 N–H and O–H groups in total. The summed E-state index contributed by atoms with van der Waals surface area (Å²) in [4.78, 5) is 35.1. The quantitative estimate of drug-likeness (QED) is 0.251. The van der Waals surface area contributed by atoms with Crippen LogP contribution in [0.3, 0.4) is 0 Å². The van der Waals surface area contributed by atoms with Crippen LogP contribution in [-0.4, -0.2) is 48.6 Å². The van der Waals surface area contributed by atoms with E-state index in [1.807, 2.05) is 0 Å². The van der Waals surface area contributed by atoms with Gasteiger partial charge < -0.3 is 39.6 Å². The molecule has 0 aromatic heterocycles. The summed E-state index contributed by atoms with van der Waals surface area (Å²) in [6, 6.07) is 0. The summed E-state index contributed by atoms with van der Waals surface area (Å²) >= 11 is 0. The number of aliphatic carboxylic acids is 4. The molecule has 0 aliphatic carbocycles. The molecular formula is C8F12MnO8. The first-order chi connectivity index (χ1) is 11.8. The minimum Gasteiger partial charge on any atom is -0.542 e. The van der Waals surface area contributed by atoms with Gasteiger partial charge in [-0.1, -0.05) is 0 Å². The van der Waals surface area contributed by atoms with E-state index in [2.05, 4.69) is 0 Å². The second-order valence-corrected chi connectivity index (χ2v) is 3.14. The van der Waals surface area contributed by atoms with E-state index in [9.17, 15) is 52.7 Å². The Morgan fingerprint density at radius 2 is 0.414 bits per heavy atom. The zero-order chi connectivity index (χ0) is 24.3. The average molecular weight is 507 g/mol. The molecule has 0 fully saturated rings. The van der Waals surface area contributed by atoms with Gasteiger partial charge in [-0.3, -0.25) is 0 Å². The van der Waals surface area contributed by atoms with Crippen LogP contribution in [0.2, 0.25) is 0 Å². The summed E-state index contributed by atoms with van der Waals surface area (Å²) in [7, 11) is 0. The minimum atomic E-state index is -5.19. The van der Waals surface area contributed by atoms with Crippen LogP contribution in [-0.2, 0) is 36.2 Å². The van der Waals surface area contributed by atoms with Crippen LogP contribution in [0.5, 0.6) is 0 Å². The molecule has 0 heterocycles. The maximum atomic E-state index is 10.5. The molecule has 29 heavy (non-hydrogen) atoms. The Kier molecular flexibility index (Phi) is 17.6. The molecule has 0 rings (SSSR count). The van der Waals surface area contributed by atoms with Gasteiger partial charge in [0.05, 0.1) is 0 Å². The van der Waals surface area contributed by atoms with E-state index >= 15 is 0 Å². The van der Waals surface area contributed by atoms with Crippen molar-refractivity contribution in [2.75, 3.05) is 0 Å². The van der Waals surface area contributed by atoms with Crippen molar-refractivity contribution in [3.63, 3.8) is 0 Å². The first-order valence-electron chi connectivity index (χ1n) is 4.90. The van der Waals surface area contributed by atoms with Crippen molar-refractivity contribution in [1.29, 1.82) is 0 Å². The SMILES string of the molecule is O=C([O-])C(F)(F)F.O=C([O-])C(F)(F)F.O=C([O-])C(F)(F)F.O=C([O-])C(F)(F)F.[Mn+4]. The molecule has 0 unspecified atom stereocenters. The number of alkyl halides is 12. The summed E-state index contributed by atoms with van der Waals surface area (Å²) in [6.45, 7) is 0. The van der Waals surface area contributed by atoms with E-state index in [0.717, 1.165) is 0 Å². The third kappa shape index (κ3) is 30.5. The molecule has 0 saturated heterocycles. The molecule has 0 aliphatic heterocycles. The van der Waals surface area contributed by atoms with E-state index in [-0.39, 0.29) is 17.1 Å². The number of hydrogen-bond donors (Lipinski definition) is 0. The van der Waals surface area contributed by atoms with Crippen molar-refractivity contribution in [2.24, 2.45) is 0 Å². The largest absolute Gasteiger partial charge is 4.00 e. The minimum absolute atomic E-state index is 0. The van der Waals surface area contributed by atoms with E-state index < -0.39 is 48.6 Å². The van der Waals surface area contributed by atoms with Gasteiger partial charge in [-0.2, -0.15) is 52.7 Å². The topological polar surface area (TPSA) is 161 Å². The molecule has 0 aromatic rings. The maximum Gasteiger partial charge on any atom is 4.00 e. The summed E-state index contributed by atoms with van der Waals surface area (Å²) in [5.41, 5.74) is 0. The van der Waals surface area contributed by atoms with Crippen molar-refractivity contribution >= 4 is 23.9 Å². The van der Waals surface area contributed by atoms with Gasteiger partial charge in [0.15, 0.2) is 0 Å². The predicted molar refractivity (Wildman–Crippen MR) is 44.2 cm³/mol. The third-order valence-corrected chi connectivity index (χ3v) is 0.926. The van der Waals surface area contributed by atoms with Crippen LogP contribution in [0.25, 0.3) is 0 Å². The third-order valence-electron chi connectivity index (χ3n) is 0.926. The van der Waals surface area contributed by atoms with Crippen molar-refractivity contribution < 1.29 is 109 Å². The van der Waals surface area contributed by atoms with Crippen molar-refractivity contribution in [3.05, 3.63) is 0 Å². The molecule has 0 atom stereocenters. The van der Waals surface area contributed by atoms with Gasteiger partial charge in [-0.05, 0) is 0 Å². The Bertz CT molecular complexity index is 436. The fourth-order valence-corrected chi connectivity index (χ4v) is 0. The average Bonchev–Trinajstić information content (AvgIpc) is 2.35. The number of halogens is 12. The van der Waals surface area contributed by atoms with Crippen LogP contribution in [0.1, 0.15) is 0 Å². The van der Waals surface area contributed by atoms with E-state index in [1.54, 1.807) is 0 Å². The first-order valence-corrected chi connectivity index (χ1v) is 4.90. The summed E-state index contributed by atoms with van der Waals surface area (Å²) in [5, 5.41) is 35.1. The molecule has 0 saturated carbocycles. The van der Waals surface area contributed by atoms with Gasteiger partial charge in [0, 0.05) is 0 Å². The van der Waals surface area contributed by atoms with Gasteiger partial charge in [0.25, 0.3) is 0 Å². The van der Waals surface area contributed by atoms with E-state index in [0.29, 0.717) is 0 Å². The van der Waals surface area contributed by atoms with Crippen molar-refractivity contribution in [3.8, 4) is 0 Å². The number of carboxylic acids is 4. The van der Waals surface area contributed by atoms with Gasteiger partial charge in [0.1, 0.15) is 23.9 Å². The molecule has 0 spiro atoms. The van der Waals surface area contributed by atoms with Crippen LogP contribution in [0.15, 0.2) is 0 Å². The van der Waals surface area contributed by atoms with Gasteiger partial charge >= 0.3 is 41.8 Å². The molecule has 171 valence electrons. The Morgan fingerprint density at radius 3 is 0.414 bits per heavy atom. The number of carbonyl (C=O) groups excluding carboxylic acids is 4. The molecule has 21 heteroatoms. The fourth-order valence-electron chi connectivity index (χ4n) is 0. The smallest absolute Gasteiger partial charge is 0.542 e. The zero-order valence-electron chi connectivity index (χ0n) is 12.2. The Hall–Kier alpha value is -2.44. The Labute approximate surface area is 159 Å². The second kappa shape index (κ2) is 13.7. The predicted octanol–water partition coefficient (Wildman–Crippen LogP) is -2.81. The normalized spacial score (nSPS) is 10.9. The Balaban J connectivity index is -0.0000000873. The molecule has 0 aliphatic rings. The Morgan fingerprint density at radius 1 is 0.379 bits per heavy atom. The van der Waals surface area contributed by atoms with Gasteiger partial charge in [0.2, 0.25) is 0 Å². The van der Waals surface area contributed by atoms with E-state index in [1.165, 1.54) is 0 Å². The molecular weight excluding hydrogens is 507 g/mol. The molecule has 0 amide bonds. The maximum absolute atomic E-state index is 10.5. The molecule has 1 radical (unpaired) electrons. The molecule has 0 bridgehead atoms. The summed E-state index contributed by atoms with van der Waals surface area (Å²) in [5.74, 6) is -12.0. The number of hydrogen-bond acceptors (Lipinski definition) is 8. The van der Waals surface area contributed by atoms with E-state index in [4.69, 9.17) is 39.6 Å². The van der Waals surface area contributed by atoms with Crippen LogP contribution >= 0.6 is 0 Å². The van der Waals surface area contributed by atoms with Crippen LogP contribution in [0.4, 0.5) is 52.7 Å². The molecule has 8 nitrogen and oxygen atoms in total. The first kappa shape index (κ1) is 37.3. The van der Waals surface area contributed by atoms with Crippen molar-refractivity contribution in [1.82, 2.24) is 0 Å². The summed E-state index contributed by atoms with van der Waals surface area (Å²) < 4.78 is 126. The summed E-state index contributed by atoms with van der Waals surface area (Å²) in [6.07, 6.45) is -20.8. The monoisotopic (exact) mass is 507 g/mol. The number of rotatable bonds is 0. The fraction of sp³-hybridized carbons (Fsp3) is 0.500. The van der Waals surface area contributed by atoms with Gasteiger partial charge in [-0.15, -0.1) is 0 Å². The van der Waals surface area contributed by atoms with Crippen LogP contribution < -0.4 is 20.4 Å². The second-order valence-electron chi connectivity index (χ2n) is 3.14. The number of carbonyl (C=O) groups is 4. The molecule has 0 aromatic carbocycles. The van der Waals surface area contributed by atoms with Crippen molar-refractivity contribution in [2.45, 2.75) is 24.7 Å². The number of carboxylic acid groups (broad SMARTS) is 4. The van der Waals surface area contributed by atoms with Gasteiger partial charge in [-0.25, -0.2) is 0 Å². The standard InChI is InChI=1S/4C2HF3O2.Mn/c4*3-2(4,5)1(6)7;/h4*(H,6,7);/q;;;;+4/p-4.